The van der Waals surface area contributed by atoms with Gasteiger partial charge in [0.15, 0.2) is 0 Å². The van der Waals surface area contributed by atoms with E-state index >= 15 is 0 Å². The van der Waals surface area contributed by atoms with Crippen LogP contribution in [0.1, 0.15) is 20.3 Å². The van der Waals surface area contributed by atoms with Crippen LogP contribution < -0.4 is 16.0 Å². The molecule has 1 aromatic carbocycles. The minimum absolute atomic E-state index is 0.0495. The van der Waals surface area contributed by atoms with E-state index in [-0.39, 0.29) is 11.8 Å². The molecule has 0 heterocycles. The number of hydrogen-bond acceptors (Lipinski definition) is 3. The number of halogens is 1. The third-order valence-electron chi connectivity index (χ3n) is 3.11. The quantitative estimate of drug-likeness (QED) is 0.849. The highest BCUT2D eigenvalue weighted by Gasteiger charge is 2.19. The summed E-state index contributed by atoms with van der Waals surface area (Å²) in [4.78, 5) is 14.2. The normalized spacial score (nSPS) is 12.3. The maximum Gasteiger partial charge on any atom is 0.228 e. The molecular formula is C15H24ClN3O. The SMILES string of the molecule is CC(C)CC(CN)C(=O)Nc1cc(Cl)ccc1N(C)C. The van der Waals surface area contributed by atoms with Crippen LogP contribution in [-0.4, -0.2) is 26.5 Å². The van der Waals surface area contributed by atoms with Gasteiger partial charge in [-0.1, -0.05) is 25.4 Å². The van der Waals surface area contributed by atoms with E-state index in [1.165, 1.54) is 0 Å². The molecule has 1 unspecified atom stereocenters. The number of nitrogens with one attached hydrogen (secondary N) is 1. The topological polar surface area (TPSA) is 58.4 Å². The minimum Gasteiger partial charge on any atom is -0.376 e. The van der Waals surface area contributed by atoms with Gasteiger partial charge in [-0.15, -0.1) is 0 Å². The average molecular weight is 298 g/mol. The van der Waals surface area contributed by atoms with Crippen molar-refractivity contribution in [3.63, 3.8) is 0 Å². The molecule has 4 nitrogen and oxygen atoms in total. The lowest BCUT2D eigenvalue weighted by Gasteiger charge is -2.21. The molecule has 1 rings (SSSR count). The number of benzene rings is 1. The summed E-state index contributed by atoms with van der Waals surface area (Å²) in [6, 6.07) is 5.46. The van der Waals surface area contributed by atoms with E-state index in [1.54, 1.807) is 12.1 Å². The van der Waals surface area contributed by atoms with Crippen molar-refractivity contribution in [1.29, 1.82) is 0 Å². The summed E-state index contributed by atoms with van der Waals surface area (Å²) < 4.78 is 0. The van der Waals surface area contributed by atoms with Gasteiger partial charge in [0, 0.05) is 25.7 Å². The number of nitrogens with zero attached hydrogens (tertiary/aromatic N) is 1. The number of amides is 1. The molecule has 1 aromatic rings. The molecule has 1 amide bonds. The van der Waals surface area contributed by atoms with Crippen molar-refractivity contribution < 1.29 is 4.79 Å². The molecule has 0 saturated carbocycles. The molecule has 0 aliphatic heterocycles. The van der Waals surface area contributed by atoms with Gasteiger partial charge in [0.05, 0.1) is 17.3 Å². The summed E-state index contributed by atoms with van der Waals surface area (Å²) in [7, 11) is 3.85. The van der Waals surface area contributed by atoms with Crippen LogP contribution in [-0.2, 0) is 4.79 Å². The summed E-state index contributed by atoms with van der Waals surface area (Å²) in [5.41, 5.74) is 7.34. The molecular weight excluding hydrogens is 274 g/mol. The molecule has 3 N–H and O–H groups in total. The first kappa shape index (κ1) is 16.8. The molecule has 0 saturated heterocycles. The minimum atomic E-state index is -0.177. The van der Waals surface area contributed by atoms with Crippen molar-refractivity contribution in [2.75, 3.05) is 30.9 Å². The van der Waals surface area contributed by atoms with Gasteiger partial charge in [0.2, 0.25) is 5.91 Å². The summed E-state index contributed by atoms with van der Waals surface area (Å²) in [5, 5.41) is 3.54. The summed E-state index contributed by atoms with van der Waals surface area (Å²) in [5.74, 6) is 0.206. The Morgan fingerprint density at radius 3 is 2.55 bits per heavy atom. The number of rotatable bonds is 6. The number of nitrogens with two attached hydrogens (primary N) is 1. The predicted molar refractivity (Wildman–Crippen MR) is 86.4 cm³/mol. The number of carbonyl (C=O) groups is 1. The Labute approximate surface area is 126 Å². The molecule has 20 heavy (non-hydrogen) atoms. The number of anilines is 2. The molecule has 0 aliphatic carbocycles. The van der Waals surface area contributed by atoms with E-state index in [2.05, 4.69) is 19.2 Å². The van der Waals surface area contributed by atoms with Crippen LogP contribution in [0.2, 0.25) is 5.02 Å². The molecule has 0 spiro atoms. The predicted octanol–water partition coefficient (Wildman–Crippen LogP) is 2.97. The van der Waals surface area contributed by atoms with E-state index < -0.39 is 0 Å². The second kappa shape index (κ2) is 7.50. The maximum absolute atomic E-state index is 12.3. The van der Waals surface area contributed by atoms with Gasteiger partial charge in [-0.25, -0.2) is 0 Å². The monoisotopic (exact) mass is 297 g/mol. The van der Waals surface area contributed by atoms with Crippen LogP contribution >= 0.6 is 11.6 Å². The van der Waals surface area contributed by atoms with Crippen molar-refractivity contribution in [1.82, 2.24) is 0 Å². The zero-order valence-electron chi connectivity index (χ0n) is 12.6. The average Bonchev–Trinajstić information content (AvgIpc) is 2.35. The first-order valence-electron chi connectivity index (χ1n) is 6.83. The van der Waals surface area contributed by atoms with Crippen LogP contribution in [0.4, 0.5) is 11.4 Å². The standard InChI is InChI=1S/C15H24ClN3O/c1-10(2)7-11(9-17)15(20)18-13-8-12(16)5-6-14(13)19(3)4/h5-6,8,10-11H,7,9,17H2,1-4H3,(H,18,20). The molecule has 0 fully saturated rings. The van der Waals surface area contributed by atoms with Gasteiger partial charge in [0.1, 0.15) is 0 Å². The van der Waals surface area contributed by atoms with E-state index in [4.69, 9.17) is 17.3 Å². The lowest BCUT2D eigenvalue weighted by molar-refractivity contribution is -0.120. The highest BCUT2D eigenvalue weighted by atomic mass is 35.5. The van der Waals surface area contributed by atoms with Gasteiger partial charge < -0.3 is 16.0 Å². The van der Waals surface area contributed by atoms with Crippen molar-refractivity contribution in [2.24, 2.45) is 17.6 Å². The molecule has 0 aromatic heterocycles. The first-order chi connectivity index (χ1) is 9.35. The van der Waals surface area contributed by atoms with Crippen molar-refractivity contribution in [3.05, 3.63) is 23.2 Å². The molecule has 112 valence electrons. The largest absolute Gasteiger partial charge is 0.376 e. The molecule has 5 heteroatoms. The fourth-order valence-electron chi connectivity index (χ4n) is 2.11. The lowest BCUT2D eigenvalue weighted by atomic mass is 9.96. The smallest absolute Gasteiger partial charge is 0.228 e. The van der Waals surface area contributed by atoms with Crippen molar-refractivity contribution >= 4 is 28.9 Å². The van der Waals surface area contributed by atoms with Crippen LogP contribution in [0.5, 0.6) is 0 Å². The van der Waals surface area contributed by atoms with Crippen LogP contribution in [0.25, 0.3) is 0 Å². The summed E-state index contributed by atoms with van der Waals surface area (Å²) >= 11 is 6.01. The molecule has 1 atom stereocenters. The van der Waals surface area contributed by atoms with Gasteiger partial charge in [-0.2, -0.15) is 0 Å². The Morgan fingerprint density at radius 1 is 1.40 bits per heavy atom. The number of hydrogen-bond donors (Lipinski definition) is 2. The highest BCUT2D eigenvalue weighted by Crippen LogP contribution is 2.28. The molecule has 0 bridgehead atoms. The van der Waals surface area contributed by atoms with Gasteiger partial charge in [-0.3, -0.25) is 4.79 Å². The lowest BCUT2D eigenvalue weighted by Crippen LogP contribution is -2.31. The Morgan fingerprint density at radius 2 is 2.05 bits per heavy atom. The second-order valence-corrected chi connectivity index (χ2v) is 6.04. The third kappa shape index (κ3) is 4.69. The maximum atomic E-state index is 12.3. The van der Waals surface area contributed by atoms with Crippen molar-refractivity contribution in [2.45, 2.75) is 20.3 Å². The van der Waals surface area contributed by atoms with Crippen LogP contribution in [0, 0.1) is 11.8 Å². The van der Waals surface area contributed by atoms with Crippen LogP contribution in [0.3, 0.4) is 0 Å². The van der Waals surface area contributed by atoms with E-state index in [9.17, 15) is 4.79 Å². The zero-order valence-corrected chi connectivity index (χ0v) is 13.4. The first-order valence-corrected chi connectivity index (χ1v) is 7.20. The fraction of sp³-hybridized carbons (Fsp3) is 0.533. The third-order valence-corrected chi connectivity index (χ3v) is 3.34. The summed E-state index contributed by atoms with van der Waals surface area (Å²) in [6.07, 6.45) is 0.778. The Balaban J connectivity index is 2.91. The van der Waals surface area contributed by atoms with E-state index in [0.717, 1.165) is 17.8 Å². The van der Waals surface area contributed by atoms with Gasteiger partial charge in [-0.05, 0) is 30.5 Å². The second-order valence-electron chi connectivity index (χ2n) is 5.61. The van der Waals surface area contributed by atoms with Gasteiger partial charge in [0.25, 0.3) is 0 Å². The Kier molecular flexibility index (Phi) is 6.30. The summed E-state index contributed by atoms with van der Waals surface area (Å²) in [6.45, 7) is 4.52. The fourth-order valence-corrected chi connectivity index (χ4v) is 2.28. The zero-order chi connectivity index (χ0) is 15.3. The van der Waals surface area contributed by atoms with Crippen LogP contribution in [0.15, 0.2) is 18.2 Å². The molecule has 0 aliphatic rings. The van der Waals surface area contributed by atoms with Gasteiger partial charge >= 0.3 is 0 Å². The van der Waals surface area contributed by atoms with E-state index in [0.29, 0.717) is 17.5 Å². The Bertz CT molecular complexity index is 460. The van der Waals surface area contributed by atoms with E-state index in [1.807, 2.05) is 25.1 Å². The molecule has 0 radical (unpaired) electrons. The Hall–Kier alpha value is -1.26. The van der Waals surface area contributed by atoms with Crippen molar-refractivity contribution in [3.8, 4) is 0 Å². The highest BCUT2D eigenvalue weighted by molar-refractivity contribution is 6.31. The number of carbonyl (C=O) groups excluding carboxylic acids is 1.